The van der Waals surface area contributed by atoms with Gasteiger partial charge in [0.15, 0.2) is 0 Å². The lowest BCUT2D eigenvalue weighted by atomic mass is 9.72. The Morgan fingerprint density at radius 2 is 1.84 bits per heavy atom. The van der Waals surface area contributed by atoms with E-state index in [1.165, 1.54) is 11.1 Å². The Balaban J connectivity index is 1.59. The topological polar surface area (TPSA) is 66.6 Å². The van der Waals surface area contributed by atoms with Gasteiger partial charge < -0.3 is 10.6 Å². The van der Waals surface area contributed by atoms with Crippen LogP contribution in [0.15, 0.2) is 24.3 Å². The van der Waals surface area contributed by atoms with Crippen molar-refractivity contribution in [3.8, 4) is 0 Å². The number of piperidine rings is 2. The van der Waals surface area contributed by atoms with E-state index in [0.717, 1.165) is 45.3 Å². The summed E-state index contributed by atoms with van der Waals surface area (Å²) in [5.41, 5.74) is 8.32. The van der Waals surface area contributed by atoms with E-state index in [1.54, 1.807) is 4.90 Å². The molecule has 0 saturated carbocycles. The predicted molar refractivity (Wildman–Crippen MR) is 97.8 cm³/mol. The highest BCUT2D eigenvalue weighted by atomic mass is 16.2. The SMILES string of the molecule is CCc1ccccc1CN1CCC2(CCC(=O)N(CC(N)=O)C2)CC1. The van der Waals surface area contributed by atoms with Crippen LogP contribution in [0.5, 0.6) is 0 Å². The number of likely N-dealkylation sites (tertiary alicyclic amines) is 2. The molecule has 3 rings (SSSR count). The summed E-state index contributed by atoms with van der Waals surface area (Å²) < 4.78 is 0. The molecule has 1 spiro atoms. The first kappa shape index (κ1) is 17.9. The number of nitrogens with two attached hydrogens (primary N) is 1. The molecule has 2 aliphatic rings. The average molecular weight is 343 g/mol. The van der Waals surface area contributed by atoms with Gasteiger partial charge in [0, 0.05) is 19.5 Å². The lowest BCUT2D eigenvalue weighted by molar-refractivity contribution is -0.142. The maximum absolute atomic E-state index is 12.0. The van der Waals surface area contributed by atoms with Gasteiger partial charge in [-0.2, -0.15) is 0 Å². The minimum atomic E-state index is -0.418. The zero-order valence-corrected chi connectivity index (χ0v) is 15.2. The number of hydrogen-bond acceptors (Lipinski definition) is 3. The van der Waals surface area contributed by atoms with Crippen molar-refractivity contribution >= 4 is 11.8 Å². The molecule has 2 amide bonds. The molecule has 1 aromatic rings. The summed E-state index contributed by atoms with van der Waals surface area (Å²) in [5.74, 6) is -0.345. The highest BCUT2D eigenvalue weighted by Gasteiger charge is 2.41. The summed E-state index contributed by atoms with van der Waals surface area (Å²) in [6.45, 7) is 6.07. The van der Waals surface area contributed by atoms with Crippen molar-refractivity contribution in [1.29, 1.82) is 0 Å². The summed E-state index contributed by atoms with van der Waals surface area (Å²) in [5, 5.41) is 0. The fourth-order valence-electron chi connectivity index (χ4n) is 4.33. The highest BCUT2D eigenvalue weighted by molar-refractivity contribution is 5.84. The van der Waals surface area contributed by atoms with Crippen molar-refractivity contribution in [3.05, 3.63) is 35.4 Å². The number of primary amides is 1. The monoisotopic (exact) mass is 343 g/mol. The first-order valence-electron chi connectivity index (χ1n) is 9.36. The number of benzene rings is 1. The quantitative estimate of drug-likeness (QED) is 0.888. The zero-order valence-electron chi connectivity index (χ0n) is 15.2. The molecule has 136 valence electrons. The molecule has 0 atom stereocenters. The first-order chi connectivity index (χ1) is 12.0. The number of aryl methyl sites for hydroxylation is 1. The Labute approximate surface area is 150 Å². The molecular weight excluding hydrogens is 314 g/mol. The molecule has 0 aromatic heterocycles. The van der Waals surface area contributed by atoms with Crippen LogP contribution in [0.3, 0.4) is 0 Å². The van der Waals surface area contributed by atoms with Crippen LogP contribution < -0.4 is 5.73 Å². The standard InChI is InChI=1S/C20H29N3O2/c1-2-16-5-3-4-6-17(16)13-22-11-9-20(10-12-22)8-7-19(25)23(15-20)14-18(21)24/h3-6H,2,7-15H2,1H3,(H2,21,24). The van der Waals surface area contributed by atoms with Gasteiger partial charge >= 0.3 is 0 Å². The Morgan fingerprint density at radius 1 is 1.16 bits per heavy atom. The fraction of sp³-hybridized carbons (Fsp3) is 0.600. The van der Waals surface area contributed by atoms with E-state index >= 15 is 0 Å². The number of rotatable bonds is 5. The van der Waals surface area contributed by atoms with Gasteiger partial charge in [0.05, 0.1) is 6.54 Å². The minimum absolute atomic E-state index is 0.0637. The van der Waals surface area contributed by atoms with Crippen molar-refractivity contribution in [3.63, 3.8) is 0 Å². The Morgan fingerprint density at radius 3 is 2.48 bits per heavy atom. The van der Waals surface area contributed by atoms with E-state index in [4.69, 9.17) is 5.73 Å². The van der Waals surface area contributed by atoms with E-state index < -0.39 is 5.91 Å². The summed E-state index contributed by atoms with van der Waals surface area (Å²) in [4.78, 5) is 27.5. The molecule has 2 saturated heterocycles. The molecule has 0 radical (unpaired) electrons. The third-order valence-electron chi connectivity index (χ3n) is 5.90. The molecule has 1 aromatic carbocycles. The molecule has 0 bridgehead atoms. The number of carbonyl (C=O) groups is 2. The first-order valence-corrected chi connectivity index (χ1v) is 9.36. The van der Waals surface area contributed by atoms with Gasteiger partial charge in [-0.15, -0.1) is 0 Å². The molecule has 2 aliphatic heterocycles. The second kappa shape index (κ2) is 7.56. The van der Waals surface area contributed by atoms with Gasteiger partial charge in [-0.3, -0.25) is 14.5 Å². The maximum atomic E-state index is 12.0. The minimum Gasteiger partial charge on any atom is -0.368 e. The van der Waals surface area contributed by atoms with Gasteiger partial charge in [0.2, 0.25) is 11.8 Å². The predicted octanol–water partition coefficient (Wildman–Crippen LogP) is 1.94. The fourth-order valence-corrected chi connectivity index (χ4v) is 4.33. The van der Waals surface area contributed by atoms with Gasteiger partial charge in [-0.1, -0.05) is 31.2 Å². The van der Waals surface area contributed by atoms with Crippen LogP contribution in [0.4, 0.5) is 0 Å². The summed E-state index contributed by atoms with van der Waals surface area (Å²) >= 11 is 0. The van der Waals surface area contributed by atoms with E-state index in [-0.39, 0.29) is 17.9 Å². The lowest BCUT2D eigenvalue weighted by Gasteiger charge is -2.47. The van der Waals surface area contributed by atoms with Crippen molar-refractivity contribution < 1.29 is 9.59 Å². The molecule has 0 aliphatic carbocycles. The smallest absolute Gasteiger partial charge is 0.237 e. The van der Waals surface area contributed by atoms with Gasteiger partial charge in [0.1, 0.15) is 0 Å². The molecule has 0 unspecified atom stereocenters. The van der Waals surface area contributed by atoms with Crippen molar-refractivity contribution in [2.45, 2.75) is 45.6 Å². The molecule has 25 heavy (non-hydrogen) atoms. The molecule has 2 N–H and O–H groups in total. The van der Waals surface area contributed by atoms with Crippen molar-refractivity contribution in [2.75, 3.05) is 26.2 Å². The average Bonchev–Trinajstić information content (AvgIpc) is 2.60. The van der Waals surface area contributed by atoms with Crippen LogP contribution in [0.1, 0.15) is 43.7 Å². The third kappa shape index (κ3) is 4.21. The van der Waals surface area contributed by atoms with Crippen LogP contribution in [0.2, 0.25) is 0 Å². The zero-order chi connectivity index (χ0) is 17.9. The van der Waals surface area contributed by atoms with E-state index in [2.05, 4.69) is 36.1 Å². The summed E-state index contributed by atoms with van der Waals surface area (Å²) in [6, 6.07) is 8.68. The van der Waals surface area contributed by atoms with Crippen LogP contribution in [-0.4, -0.2) is 47.8 Å². The number of hydrogen-bond donors (Lipinski definition) is 1. The molecular formula is C20H29N3O2. The summed E-state index contributed by atoms with van der Waals surface area (Å²) in [7, 11) is 0. The second-order valence-electron chi connectivity index (χ2n) is 7.61. The van der Waals surface area contributed by atoms with Crippen LogP contribution in [0.25, 0.3) is 0 Å². The Bertz CT molecular complexity index is 636. The highest BCUT2D eigenvalue weighted by Crippen LogP contribution is 2.40. The van der Waals surface area contributed by atoms with E-state index in [9.17, 15) is 9.59 Å². The molecule has 5 heteroatoms. The molecule has 2 heterocycles. The van der Waals surface area contributed by atoms with Crippen LogP contribution >= 0.6 is 0 Å². The van der Waals surface area contributed by atoms with Crippen LogP contribution in [-0.2, 0) is 22.6 Å². The second-order valence-corrected chi connectivity index (χ2v) is 7.61. The number of amides is 2. The maximum Gasteiger partial charge on any atom is 0.237 e. The summed E-state index contributed by atoms with van der Waals surface area (Å²) in [6.07, 6.45) is 4.73. The van der Waals surface area contributed by atoms with Crippen LogP contribution in [0, 0.1) is 5.41 Å². The Hall–Kier alpha value is -1.88. The van der Waals surface area contributed by atoms with Crippen molar-refractivity contribution in [1.82, 2.24) is 9.80 Å². The largest absolute Gasteiger partial charge is 0.368 e. The normalized spacial score (nSPS) is 20.8. The van der Waals surface area contributed by atoms with Crippen molar-refractivity contribution in [2.24, 2.45) is 11.1 Å². The number of carbonyl (C=O) groups excluding carboxylic acids is 2. The lowest BCUT2D eigenvalue weighted by Crippen LogP contribution is -2.53. The van der Waals surface area contributed by atoms with E-state index in [0.29, 0.717) is 13.0 Å². The Kier molecular flexibility index (Phi) is 5.42. The van der Waals surface area contributed by atoms with E-state index in [1.807, 2.05) is 0 Å². The third-order valence-corrected chi connectivity index (χ3v) is 5.90. The van der Waals surface area contributed by atoms with Gasteiger partial charge in [-0.25, -0.2) is 0 Å². The molecule has 5 nitrogen and oxygen atoms in total. The van der Waals surface area contributed by atoms with Gasteiger partial charge in [-0.05, 0) is 55.3 Å². The van der Waals surface area contributed by atoms with Gasteiger partial charge in [0.25, 0.3) is 0 Å². The molecule has 2 fully saturated rings. The number of nitrogens with zero attached hydrogens (tertiary/aromatic N) is 2.